The van der Waals surface area contributed by atoms with Crippen LogP contribution in [-0.4, -0.2) is 69.7 Å². The quantitative estimate of drug-likeness (QED) is 0.405. The lowest BCUT2D eigenvalue weighted by atomic mass is 10.1. The van der Waals surface area contributed by atoms with Crippen molar-refractivity contribution in [2.24, 2.45) is 0 Å². The zero-order valence-electron chi connectivity index (χ0n) is 20.7. The number of benzene rings is 1. The fourth-order valence-electron chi connectivity index (χ4n) is 4.03. The van der Waals surface area contributed by atoms with Crippen LogP contribution in [0.5, 0.6) is 5.75 Å². The maximum absolute atomic E-state index is 13.6. The molecule has 0 bridgehead atoms. The molecule has 1 aromatic carbocycles. The number of amides is 3. The van der Waals surface area contributed by atoms with Gasteiger partial charge < -0.3 is 14.5 Å². The highest BCUT2D eigenvalue weighted by Crippen LogP contribution is 2.38. The summed E-state index contributed by atoms with van der Waals surface area (Å²) in [4.78, 5) is 46.9. The van der Waals surface area contributed by atoms with E-state index < -0.39 is 0 Å². The number of piperazine rings is 1. The predicted molar refractivity (Wildman–Crippen MR) is 146 cm³/mol. The summed E-state index contributed by atoms with van der Waals surface area (Å²) in [6, 6.07) is 3.64. The van der Waals surface area contributed by atoms with Crippen molar-refractivity contribution in [1.82, 2.24) is 19.2 Å². The molecule has 12 heteroatoms. The average Bonchev–Trinajstić information content (AvgIpc) is 3.61. The van der Waals surface area contributed by atoms with Crippen molar-refractivity contribution in [3.63, 3.8) is 0 Å². The third-order valence-corrected chi connectivity index (χ3v) is 8.80. The van der Waals surface area contributed by atoms with E-state index in [0.29, 0.717) is 41.6 Å². The van der Waals surface area contributed by atoms with E-state index in [4.69, 9.17) is 4.74 Å². The smallest absolute Gasteiger partial charge is 0.259 e. The van der Waals surface area contributed by atoms with Crippen molar-refractivity contribution in [2.45, 2.75) is 35.4 Å². The van der Waals surface area contributed by atoms with E-state index in [0.717, 1.165) is 21.1 Å². The fraction of sp³-hybridized carbons (Fsp3) is 0.320. The summed E-state index contributed by atoms with van der Waals surface area (Å²) in [6.07, 6.45) is 5.27. The van der Waals surface area contributed by atoms with Gasteiger partial charge in [0.05, 0.1) is 34.8 Å². The molecule has 3 amide bonds. The molecular weight excluding hydrogens is 531 g/mol. The summed E-state index contributed by atoms with van der Waals surface area (Å²) in [5, 5.41) is 4.95. The number of aryl methyl sites for hydroxylation is 1. The number of methoxy groups -OCH3 is 1. The van der Waals surface area contributed by atoms with Gasteiger partial charge in [0.2, 0.25) is 5.91 Å². The van der Waals surface area contributed by atoms with E-state index in [9.17, 15) is 14.4 Å². The topological polar surface area (TPSA) is 105 Å². The summed E-state index contributed by atoms with van der Waals surface area (Å²) >= 11 is 4.04. The number of hydrogen-bond acceptors (Lipinski definition) is 9. The van der Waals surface area contributed by atoms with Crippen LogP contribution in [-0.2, 0) is 4.79 Å². The Hall–Kier alpha value is -3.22. The van der Waals surface area contributed by atoms with Gasteiger partial charge in [-0.1, -0.05) is 36.6 Å². The predicted octanol–water partition coefficient (Wildman–Crippen LogP) is 4.57. The molecule has 1 N–H and O–H groups in total. The molecule has 1 fully saturated rings. The molecule has 0 spiro atoms. The first kappa shape index (κ1) is 26.8. The Morgan fingerprint density at radius 2 is 2.11 bits per heavy atom. The van der Waals surface area contributed by atoms with Crippen LogP contribution in [0.3, 0.4) is 0 Å². The van der Waals surface area contributed by atoms with Gasteiger partial charge in [0.1, 0.15) is 5.75 Å². The normalized spacial score (nSPS) is 15.4. The summed E-state index contributed by atoms with van der Waals surface area (Å²) in [5.41, 5.74) is 1.91. The third kappa shape index (κ3) is 6.03. The minimum Gasteiger partial charge on any atom is -0.496 e. The lowest BCUT2D eigenvalue weighted by molar-refractivity contribution is -0.130. The zero-order chi connectivity index (χ0) is 26.5. The lowest BCUT2D eigenvalue weighted by Crippen LogP contribution is -2.56. The first-order valence-corrected chi connectivity index (χ1v) is 14.1. The highest BCUT2D eigenvalue weighted by molar-refractivity contribution is 8.01. The number of carbonyl (C=O) groups is 3. The summed E-state index contributed by atoms with van der Waals surface area (Å²) in [7, 11) is 1.55. The molecule has 37 heavy (non-hydrogen) atoms. The van der Waals surface area contributed by atoms with Crippen LogP contribution in [0.25, 0.3) is 0 Å². The number of rotatable bonds is 8. The van der Waals surface area contributed by atoms with Crippen molar-refractivity contribution in [1.29, 1.82) is 0 Å². The lowest BCUT2D eigenvalue weighted by Gasteiger charge is -2.41. The fourth-order valence-corrected chi connectivity index (χ4v) is 6.49. The molecule has 0 radical (unpaired) electrons. The van der Waals surface area contributed by atoms with Crippen molar-refractivity contribution < 1.29 is 19.1 Å². The highest BCUT2D eigenvalue weighted by Gasteiger charge is 2.32. The number of anilines is 1. The largest absolute Gasteiger partial charge is 0.496 e. The molecule has 0 aliphatic carbocycles. The molecule has 4 rings (SSSR count). The van der Waals surface area contributed by atoms with Gasteiger partial charge in [-0.2, -0.15) is 0 Å². The first-order valence-electron chi connectivity index (χ1n) is 11.6. The highest BCUT2D eigenvalue weighted by atomic mass is 32.2. The Labute approximate surface area is 227 Å². The Morgan fingerprint density at radius 3 is 2.78 bits per heavy atom. The molecule has 1 atom stereocenters. The van der Waals surface area contributed by atoms with Crippen molar-refractivity contribution >= 4 is 57.5 Å². The Bertz CT molecular complexity index is 1310. The molecule has 3 aromatic rings. The molecule has 3 heterocycles. The number of aromatic nitrogens is 2. The average molecular weight is 558 g/mol. The second kappa shape index (κ2) is 11.9. The molecular formula is C25H27N5O4S3. The minimum atomic E-state index is -0.256. The molecule has 1 aliphatic heterocycles. The molecule has 1 aliphatic rings. The second-order valence-corrected chi connectivity index (χ2v) is 11.4. The van der Waals surface area contributed by atoms with Gasteiger partial charge in [-0.15, -0.1) is 0 Å². The van der Waals surface area contributed by atoms with E-state index in [1.807, 2.05) is 26.0 Å². The Morgan fingerprint density at radius 1 is 1.30 bits per heavy atom. The third-order valence-electron chi connectivity index (χ3n) is 6.04. The standard InChI is InChI=1S/C25H27N5O4S3/c1-5-17-13-29(7-8-30(17)21(31)6-2)24(33)18-10-20(15(3)9-19(18)34-4)36-22-12-26-25(37-22)28-23(32)16-11-27-35-14-16/h6,9-12,14,17H,2,5,7-8,13H2,1,3-4H3,(H,26,28,32). The van der Waals surface area contributed by atoms with Crippen LogP contribution in [0.15, 0.2) is 51.7 Å². The molecule has 9 nitrogen and oxygen atoms in total. The number of nitrogens with one attached hydrogen (secondary N) is 1. The summed E-state index contributed by atoms with van der Waals surface area (Å²) in [6.45, 7) is 8.90. The van der Waals surface area contributed by atoms with Gasteiger partial charge in [-0.05, 0) is 48.6 Å². The van der Waals surface area contributed by atoms with Gasteiger partial charge in [0.25, 0.3) is 11.8 Å². The zero-order valence-corrected chi connectivity index (χ0v) is 23.2. The SMILES string of the molecule is C=CC(=O)N1CCN(C(=O)c2cc(Sc3cnc(NC(=O)c4cnsc4)s3)c(C)cc2OC)CC1CC. The first-order chi connectivity index (χ1) is 17.8. The molecule has 0 saturated carbocycles. The number of nitrogens with zero attached hydrogens (tertiary/aromatic N) is 4. The van der Waals surface area contributed by atoms with Gasteiger partial charge >= 0.3 is 0 Å². The number of carbonyl (C=O) groups excluding carboxylic acids is 3. The number of hydrogen-bond donors (Lipinski definition) is 1. The Balaban J connectivity index is 1.51. The van der Waals surface area contributed by atoms with E-state index in [2.05, 4.69) is 21.3 Å². The number of thiazole rings is 1. The van der Waals surface area contributed by atoms with Crippen LogP contribution in [0.4, 0.5) is 5.13 Å². The van der Waals surface area contributed by atoms with Crippen molar-refractivity contribution in [3.8, 4) is 5.75 Å². The number of ether oxygens (including phenoxy) is 1. The van der Waals surface area contributed by atoms with Gasteiger partial charge in [0.15, 0.2) is 5.13 Å². The maximum Gasteiger partial charge on any atom is 0.259 e. The van der Waals surface area contributed by atoms with Gasteiger partial charge in [-0.25, -0.2) is 9.36 Å². The summed E-state index contributed by atoms with van der Waals surface area (Å²) < 4.78 is 10.4. The second-order valence-electron chi connectivity index (χ2n) is 8.32. The van der Waals surface area contributed by atoms with Crippen molar-refractivity contribution in [2.75, 3.05) is 32.1 Å². The van der Waals surface area contributed by atoms with Gasteiger partial charge in [-0.3, -0.25) is 19.7 Å². The van der Waals surface area contributed by atoms with Crippen LogP contribution >= 0.6 is 34.6 Å². The van der Waals surface area contributed by atoms with E-state index in [1.165, 1.54) is 46.9 Å². The molecule has 1 saturated heterocycles. The van der Waals surface area contributed by atoms with Crippen molar-refractivity contribution in [3.05, 3.63) is 59.3 Å². The van der Waals surface area contributed by atoms with Crippen LogP contribution in [0.2, 0.25) is 0 Å². The van der Waals surface area contributed by atoms with Crippen LogP contribution in [0.1, 0.15) is 39.6 Å². The minimum absolute atomic E-state index is 0.0656. The van der Waals surface area contributed by atoms with E-state index in [1.54, 1.807) is 28.5 Å². The maximum atomic E-state index is 13.6. The van der Waals surface area contributed by atoms with E-state index in [-0.39, 0.29) is 23.8 Å². The van der Waals surface area contributed by atoms with E-state index >= 15 is 0 Å². The van der Waals surface area contributed by atoms with Crippen LogP contribution in [0, 0.1) is 6.92 Å². The molecule has 2 aromatic heterocycles. The van der Waals surface area contributed by atoms with Crippen LogP contribution < -0.4 is 10.1 Å². The molecule has 1 unspecified atom stereocenters. The molecule has 194 valence electrons. The monoisotopic (exact) mass is 557 g/mol. The van der Waals surface area contributed by atoms with Gasteiger partial charge in [0, 0.05) is 36.0 Å². The summed E-state index contributed by atoms with van der Waals surface area (Å²) in [5.74, 6) is 0.00157. The Kier molecular flexibility index (Phi) is 8.62.